The minimum absolute atomic E-state index is 0.269. The SMILES string of the molecule is CCOC(=O)c1ccc(/C=C/C(=O)NCc2cccn2-c2ccc(Cl)c(CO)c2Cl)cc1. The molecule has 0 aliphatic heterocycles. The topological polar surface area (TPSA) is 80.6 Å². The molecule has 0 aliphatic rings. The molecular weight excluding hydrogens is 451 g/mol. The molecule has 3 rings (SSSR count). The average Bonchev–Trinajstić information content (AvgIpc) is 3.25. The number of carbonyl (C=O) groups is 2. The lowest BCUT2D eigenvalue weighted by Gasteiger charge is -2.14. The Kier molecular flexibility index (Phi) is 8.11. The summed E-state index contributed by atoms with van der Waals surface area (Å²) in [6.07, 6.45) is 4.90. The zero-order chi connectivity index (χ0) is 23.1. The number of aromatic nitrogens is 1. The minimum Gasteiger partial charge on any atom is -0.462 e. The summed E-state index contributed by atoms with van der Waals surface area (Å²) in [4.78, 5) is 24.0. The summed E-state index contributed by atoms with van der Waals surface area (Å²) < 4.78 is 6.78. The molecule has 1 heterocycles. The standard InChI is InChI=1S/C24H22Cl2N2O4/c1-2-32-24(31)17-8-5-16(6-9-17)7-12-22(30)27-14-18-4-3-13-28(18)21-11-10-20(25)19(15-29)23(21)26/h3-13,29H,2,14-15H2,1H3,(H,27,30)/b12-7+. The summed E-state index contributed by atoms with van der Waals surface area (Å²) in [6, 6.07) is 13.9. The van der Waals surface area contributed by atoms with Gasteiger partial charge in [-0.25, -0.2) is 4.79 Å². The van der Waals surface area contributed by atoms with Crippen molar-refractivity contribution in [3.05, 3.63) is 93.2 Å². The molecule has 6 nitrogen and oxygen atoms in total. The molecule has 0 saturated carbocycles. The van der Waals surface area contributed by atoms with E-state index in [1.807, 2.05) is 22.9 Å². The second-order valence-corrected chi connectivity index (χ2v) is 7.57. The first-order chi connectivity index (χ1) is 15.4. The van der Waals surface area contributed by atoms with Gasteiger partial charge in [0.1, 0.15) is 0 Å². The van der Waals surface area contributed by atoms with E-state index in [2.05, 4.69) is 5.32 Å². The Balaban J connectivity index is 1.64. The van der Waals surface area contributed by atoms with Crippen LogP contribution >= 0.6 is 23.2 Å². The number of nitrogens with zero attached hydrogens (tertiary/aromatic N) is 1. The molecule has 32 heavy (non-hydrogen) atoms. The number of hydrogen-bond donors (Lipinski definition) is 2. The highest BCUT2D eigenvalue weighted by Gasteiger charge is 2.13. The largest absolute Gasteiger partial charge is 0.462 e. The van der Waals surface area contributed by atoms with E-state index in [0.29, 0.717) is 33.5 Å². The molecule has 166 valence electrons. The molecule has 0 aliphatic carbocycles. The molecule has 0 saturated heterocycles. The van der Waals surface area contributed by atoms with Crippen LogP contribution in [-0.4, -0.2) is 28.2 Å². The van der Waals surface area contributed by atoms with Crippen molar-refractivity contribution in [3.8, 4) is 5.69 Å². The number of benzene rings is 2. The zero-order valence-corrected chi connectivity index (χ0v) is 18.9. The molecule has 1 amide bonds. The molecule has 0 bridgehead atoms. The molecular formula is C24H22Cl2N2O4. The summed E-state index contributed by atoms with van der Waals surface area (Å²) >= 11 is 12.5. The van der Waals surface area contributed by atoms with Gasteiger partial charge in [-0.3, -0.25) is 4.79 Å². The van der Waals surface area contributed by atoms with Crippen molar-refractivity contribution in [2.24, 2.45) is 0 Å². The predicted octanol–water partition coefficient (Wildman–Crippen LogP) is 4.78. The Morgan fingerprint density at radius 1 is 1.12 bits per heavy atom. The normalized spacial score (nSPS) is 11.0. The molecule has 0 spiro atoms. The van der Waals surface area contributed by atoms with Crippen molar-refractivity contribution < 1.29 is 19.4 Å². The van der Waals surface area contributed by atoms with Gasteiger partial charge in [0.2, 0.25) is 5.91 Å². The second kappa shape index (κ2) is 11.0. The molecule has 2 aromatic carbocycles. The highest BCUT2D eigenvalue weighted by atomic mass is 35.5. The van der Waals surface area contributed by atoms with E-state index in [9.17, 15) is 14.7 Å². The van der Waals surface area contributed by atoms with Crippen LogP contribution in [0.5, 0.6) is 0 Å². The number of esters is 1. The van der Waals surface area contributed by atoms with Crippen LogP contribution in [0.4, 0.5) is 0 Å². The zero-order valence-electron chi connectivity index (χ0n) is 17.3. The van der Waals surface area contributed by atoms with Crippen molar-refractivity contribution in [3.63, 3.8) is 0 Å². The smallest absolute Gasteiger partial charge is 0.338 e. The van der Waals surface area contributed by atoms with E-state index in [1.165, 1.54) is 6.08 Å². The number of hydrogen-bond acceptors (Lipinski definition) is 4. The Bertz CT molecular complexity index is 1140. The van der Waals surface area contributed by atoms with Gasteiger partial charge >= 0.3 is 5.97 Å². The van der Waals surface area contributed by atoms with Gasteiger partial charge in [-0.15, -0.1) is 0 Å². The van der Waals surface area contributed by atoms with E-state index < -0.39 is 0 Å². The fraction of sp³-hybridized carbons (Fsp3) is 0.167. The lowest BCUT2D eigenvalue weighted by atomic mass is 10.1. The van der Waals surface area contributed by atoms with E-state index in [0.717, 1.165) is 11.3 Å². The predicted molar refractivity (Wildman–Crippen MR) is 125 cm³/mol. The maximum Gasteiger partial charge on any atom is 0.338 e. The third-order valence-corrected chi connectivity index (χ3v) is 5.49. The minimum atomic E-state index is -0.379. The number of rotatable bonds is 8. The third-order valence-electron chi connectivity index (χ3n) is 4.71. The molecule has 1 aromatic heterocycles. The van der Waals surface area contributed by atoms with Crippen molar-refractivity contribution in [2.75, 3.05) is 6.61 Å². The maximum absolute atomic E-state index is 12.3. The van der Waals surface area contributed by atoms with Gasteiger partial charge < -0.3 is 19.7 Å². The van der Waals surface area contributed by atoms with E-state index in [4.69, 9.17) is 27.9 Å². The molecule has 0 radical (unpaired) electrons. The molecule has 3 aromatic rings. The first kappa shape index (κ1) is 23.6. The Morgan fingerprint density at radius 3 is 2.56 bits per heavy atom. The summed E-state index contributed by atoms with van der Waals surface area (Å²) in [5.74, 6) is -0.652. The molecule has 2 N–H and O–H groups in total. The monoisotopic (exact) mass is 472 g/mol. The average molecular weight is 473 g/mol. The van der Waals surface area contributed by atoms with Gasteiger partial charge in [-0.05, 0) is 55.0 Å². The first-order valence-electron chi connectivity index (χ1n) is 9.92. The maximum atomic E-state index is 12.3. The van der Waals surface area contributed by atoms with Gasteiger partial charge in [-0.2, -0.15) is 0 Å². The molecule has 0 fully saturated rings. The second-order valence-electron chi connectivity index (χ2n) is 6.78. The lowest BCUT2D eigenvalue weighted by Crippen LogP contribution is -2.21. The van der Waals surface area contributed by atoms with Crippen LogP contribution in [0.1, 0.15) is 34.1 Å². The fourth-order valence-electron chi connectivity index (χ4n) is 3.06. The van der Waals surface area contributed by atoms with E-state index >= 15 is 0 Å². The quantitative estimate of drug-likeness (QED) is 0.365. The van der Waals surface area contributed by atoms with Crippen LogP contribution in [0, 0.1) is 0 Å². The van der Waals surface area contributed by atoms with Crippen molar-refractivity contribution >= 4 is 41.2 Å². The summed E-state index contributed by atoms with van der Waals surface area (Å²) in [6.45, 7) is 2.06. The lowest BCUT2D eigenvalue weighted by molar-refractivity contribution is -0.116. The first-order valence-corrected chi connectivity index (χ1v) is 10.7. The van der Waals surface area contributed by atoms with Gasteiger partial charge in [0.05, 0.1) is 36.0 Å². The highest BCUT2D eigenvalue weighted by Crippen LogP contribution is 2.31. The third kappa shape index (κ3) is 5.59. The van der Waals surface area contributed by atoms with Crippen LogP contribution in [0.25, 0.3) is 11.8 Å². The highest BCUT2D eigenvalue weighted by molar-refractivity contribution is 6.37. The Hall–Kier alpha value is -3.06. The molecule has 0 atom stereocenters. The van der Waals surface area contributed by atoms with Crippen LogP contribution in [0.2, 0.25) is 10.0 Å². The number of amides is 1. The Labute approximate surface area is 196 Å². The summed E-state index contributed by atoms with van der Waals surface area (Å²) in [5.41, 5.74) is 3.15. The van der Waals surface area contributed by atoms with Crippen LogP contribution in [-0.2, 0) is 22.7 Å². The van der Waals surface area contributed by atoms with Gasteiger partial charge in [0.15, 0.2) is 0 Å². The number of nitrogens with one attached hydrogen (secondary N) is 1. The summed E-state index contributed by atoms with van der Waals surface area (Å²) in [5, 5.41) is 13.1. The summed E-state index contributed by atoms with van der Waals surface area (Å²) in [7, 11) is 0. The van der Waals surface area contributed by atoms with Crippen molar-refractivity contribution in [1.29, 1.82) is 0 Å². The number of aliphatic hydroxyl groups excluding tert-OH is 1. The van der Waals surface area contributed by atoms with E-state index in [-0.39, 0.29) is 25.0 Å². The Morgan fingerprint density at radius 2 is 1.88 bits per heavy atom. The van der Waals surface area contributed by atoms with Crippen LogP contribution < -0.4 is 5.32 Å². The fourth-order valence-corrected chi connectivity index (χ4v) is 3.65. The van der Waals surface area contributed by atoms with Gasteiger partial charge in [0.25, 0.3) is 0 Å². The molecule has 0 unspecified atom stereocenters. The van der Waals surface area contributed by atoms with Crippen LogP contribution in [0.3, 0.4) is 0 Å². The van der Waals surface area contributed by atoms with Gasteiger partial charge in [-0.1, -0.05) is 35.3 Å². The number of carbonyl (C=O) groups excluding carboxylic acids is 2. The van der Waals surface area contributed by atoms with Crippen LogP contribution in [0.15, 0.2) is 60.8 Å². The number of halogens is 2. The van der Waals surface area contributed by atoms with Gasteiger partial charge in [0, 0.05) is 28.6 Å². The number of aliphatic hydroxyl groups is 1. The number of ether oxygens (including phenoxy) is 1. The molecule has 8 heteroatoms. The van der Waals surface area contributed by atoms with E-state index in [1.54, 1.807) is 49.4 Å². The van der Waals surface area contributed by atoms with Crippen molar-refractivity contribution in [1.82, 2.24) is 9.88 Å². The van der Waals surface area contributed by atoms with Crippen molar-refractivity contribution in [2.45, 2.75) is 20.1 Å².